The van der Waals surface area contributed by atoms with Crippen LogP contribution in [0.4, 0.5) is 0 Å². The summed E-state index contributed by atoms with van der Waals surface area (Å²) in [6.45, 7) is 21.2. The fraction of sp³-hybridized carbons (Fsp3) is 1.00. The van der Waals surface area contributed by atoms with E-state index in [9.17, 15) is 20.4 Å². The first kappa shape index (κ1) is 43.1. The second kappa shape index (κ2) is 16.3. The molecule has 6 aliphatic rings. The number of aliphatic hydroxyl groups is 4. The van der Waals surface area contributed by atoms with E-state index in [4.69, 9.17) is 37.9 Å². The van der Waals surface area contributed by atoms with Crippen molar-refractivity contribution >= 4 is 0 Å². The maximum Gasteiger partial charge on any atom is 0.286 e. The lowest BCUT2D eigenvalue weighted by molar-refractivity contribution is -0.481. The molecule has 6 rings (SSSR count). The van der Waals surface area contributed by atoms with Gasteiger partial charge >= 0.3 is 0 Å². The van der Waals surface area contributed by atoms with Gasteiger partial charge in [0.15, 0.2) is 12.6 Å². The van der Waals surface area contributed by atoms with Crippen LogP contribution in [0, 0.1) is 23.7 Å². The average Bonchev–Trinajstić information content (AvgIpc) is 3.25. The number of nitrogens with zero attached hydrogens (tertiary/aromatic N) is 1. The van der Waals surface area contributed by atoms with Gasteiger partial charge in [0.2, 0.25) is 0 Å². The van der Waals surface area contributed by atoms with Crippen molar-refractivity contribution in [3.05, 3.63) is 0 Å². The van der Waals surface area contributed by atoms with Crippen LogP contribution < -0.4 is 0 Å². The second-order valence-electron chi connectivity index (χ2n) is 18.6. The summed E-state index contributed by atoms with van der Waals surface area (Å²) in [5.41, 5.74) is -3.29. The minimum absolute atomic E-state index is 0.0299. The zero-order chi connectivity index (χ0) is 39.5. The molecule has 0 aliphatic carbocycles. The van der Waals surface area contributed by atoms with Crippen LogP contribution >= 0.6 is 0 Å². The molecule has 6 unspecified atom stereocenters. The van der Waals surface area contributed by atoms with Crippen molar-refractivity contribution < 1.29 is 58.3 Å². The molecule has 20 atom stereocenters. The van der Waals surface area contributed by atoms with E-state index in [1.54, 1.807) is 21.0 Å². The van der Waals surface area contributed by atoms with Gasteiger partial charge in [-0.1, -0.05) is 47.5 Å². The number of rotatable bonds is 7. The zero-order valence-corrected chi connectivity index (χ0v) is 34.8. The van der Waals surface area contributed by atoms with Crippen LogP contribution in [0.25, 0.3) is 0 Å². The summed E-state index contributed by atoms with van der Waals surface area (Å²) in [7, 11) is 1.57. The standard InChI is InChI=1S/C41H73NO12/c1-12-29-40(10,45)36-24(4)32-22(2)20-39(9,53-32)35(51-37-31(43)28(19-23(3)48-37)42-17-15-13-14-16-18-42)25(5)33(26(6)41(46,52-29)54-36)50-30-21-38(8,47-11)34(44)27(7)49-30/h22-37,43-46H,12-21H2,1-11H3/t22-,23?,24-,25-,26+,27?,28?,29+,30-,31?,32?,33-,34-,35+,36+,37-,38?,39-,40+,41-/m0/s1. The van der Waals surface area contributed by atoms with Crippen molar-refractivity contribution in [2.45, 2.75) is 217 Å². The van der Waals surface area contributed by atoms with Crippen LogP contribution in [-0.2, 0) is 37.9 Å². The summed E-state index contributed by atoms with van der Waals surface area (Å²) in [6, 6.07) is -0.116. The third kappa shape index (κ3) is 7.95. The first-order chi connectivity index (χ1) is 25.3. The van der Waals surface area contributed by atoms with E-state index in [0.717, 1.165) is 25.9 Å². The topological polar surface area (TPSA) is 158 Å². The second-order valence-corrected chi connectivity index (χ2v) is 18.6. The maximum absolute atomic E-state index is 12.6. The van der Waals surface area contributed by atoms with Crippen LogP contribution in [-0.4, -0.2) is 142 Å². The molecule has 13 heteroatoms. The van der Waals surface area contributed by atoms with Crippen LogP contribution in [0.5, 0.6) is 0 Å². The summed E-state index contributed by atoms with van der Waals surface area (Å²) < 4.78 is 52.9. The van der Waals surface area contributed by atoms with E-state index >= 15 is 0 Å². The summed E-state index contributed by atoms with van der Waals surface area (Å²) >= 11 is 0. The summed E-state index contributed by atoms with van der Waals surface area (Å²) in [6.07, 6.45) is -1.26. The largest absolute Gasteiger partial charge is 0.387 e. The molecule has 13 nitrogen and oxygen atoms in total. The number of likely N-dealkylation sites (tertiary alicyclic amines) is 1. The average molecular weight is 772 g/mol. The van der Waals surface area contributed by atoms with Gasteiger partial charge in [-0.25, -0.2) is 0 Å². The lowest BCUT2D eigenvalue weighted by Crippen LogP contribution is -2.69. The van der Waals surface area contributed by atoms with E-state index in [0.29, 0.717) is 19.3 Å². The monoisotopic (exact) mass is 772 g/mol. The van der Waals surface area contributed by atoms with E-state index < -0.39 is 89.9 Å². The van der Waals surface area contributed by atoms with E-state index in [1.165, 1.54) is 12.8 Å². The molecular weight excluding hydrogens is 698 g/mol. The maximum atomic E-state index is 12.6. The van der Waals surface area contributed by atoms with Gasteiger partial charge in [0.1, 0.15) is 17.8 Å². The molecule has 54 heavy (non-hydrogen) atoms. The van der Waals surface area contributed by atoms with Gasteiger partial charge in [0, 0.05) is 31.4 Å². The summed E-state index contributed by atoms with van der Waals surface area (Å²) in [4.78, 5) is 2.42. The Bertz CT molecular complexity index is 1250. The van der Waals surface area contributed by atoms with Crippen LogP contribution in [0.3, 0.4) is 0 Å². The molecule has 0 radical (unpaired) electrons. The molecule has 0 aromatic carbocycles. The lowest BCUT2D eigenvalue weighted by Gasteiger charge is -2.55. The van der Waals surface area contributed by atoms with Crippen molar-refractivity contribution in [3.8, 4) is 0 Å². The van der Waals surface area contributed by atoms with E-state index in [1.807, 2.05) is 41.5 Å². The molecule has 0 spiro atoms. The number of fused-ring (bicyclic) bond motifs is 4. The summed E-state index contributed by atoms with van der Waals surface area (Å²) in [5, 5.41) is 47.8. The molecule has 0 amide bonds. The van der Waals surface area contributed by atoms with E-state index in [2.05, 4.69) is 18.7 Å². The number of aliphatic hydroxyl groups excluding tert-OH is 2. The molecule has 0 aromatic heterocycles. The number of ether oxygens (including phenoxy) is 8. The number of hydrogen-bond donors (Lipinski definition) is 4. The molecule has 4 bridgehead atoms. The Kier molecular flexibility index (Phi) is 13.0. The van der Waals surface area contributed by atoms with Crippen molar-refractivity contribution in [3.63, 3.8) is 0 Å². The molecule has 0 aromatic rings. The Balaban J connectivity index is 1.42. The minimum atomic E-state index is -2.17. The van der Waals surface area contributed by atoms with E-state index in [-0.39, 0.29) is 36.5 Å². The Morgan fingerprint density at radius 1 is 0.815 bits per heavy atom. The number of hydrogen-bond acceptors (Lipinski definition) is 13. The number of methoxy groups -OCH3 is 1. The molecule has 314 valence electrons. The SMILES string of the molecule is CC[C@H]1O[C@]2(O)O[C@H]([C@@H](C)C3O[C@@](C)(C[C@@H]3C)[C@H](O[C@@H]3OC(C)CC(N4CCCCCC4)C3O)[C@@H](C)[C@H](O[C@H]3CC(C)(OC)[C@@H](O)C(C)O3)[C@H]2C)[C@]1(C)O. The Labute approximate surface area is 323 Å². The van der Waals surface area contributed by atoms with Gasteiger partial charge in [-0.3, -0.25) is 4.90 Å². The Morgan fingerprint density at radius 2 is 1.48 bits per heavy atom. The third-order valence-electron chi connectivity index (χ3n) is 14.3. The van der Waals surface area contributed by atoms with Crippen LogP contribution in [0.15, 0.2) is 0 Å². The highest BCUT2D eigenvalue weighted by atomic mass is 16.8. The van der Waals surface area contributed by atoms with Crippen LogP contribution in [0.2, 0.25) is 0 Å². The summed E-state index contributed by atoms with van der Waals surface area (Å²) in [5.74, 6) is -3.86. The molecule has 6 aliphatic heterocycles. The predicted molar refractivity (Wildman–Crippen MR) is 199 cm³/mol. The highest BCUT2D eigenvalue weighted by Gasteiger charge is 2.64. The smallest absolute Gasteiger partial charge is 0.286 e. The molecule has 6 saturated heterocycles. The molecule has 6 heterocycles. The highest BCUT2D eigenvalue weighted by molar-refractivity contribution is 5.07. The fourth-order valence-electron chi connectivity index (χ4n) is 11.1. The predicted octanol–water partition coefficient (Wildman–Crippen LogP) is 4.09. The first-order valence-corrected chi connectivity index (χ1v) is 21.0. The van der Waals surface area contributed by atoms with Gasteiger partial charge < -0.3 is 58.3 Å². The quantitative estimate of drug-likeness (QED) is 0.294. The van der Waals surface area contributed by atoms with Gasteiger partial charge in [0.25, 0.3) is 5.97 Å². The molecule has 6 fully saturated rings. The normalized spacial score (nSPS) is 55.2. The minimum Gasteiger partial charge on any atom is -0.387 e. The highest BCUT2D eigenvalue weighted by Crippen LogP contribution is 2.52. The van der Waals surface area contributed by atoms with Crippen LogP contribution in [0.1, 0.15) is 121 Å². The van der Waals surface area contributed by atoms with Gasteiger partial charge in [-0.05, 0) is 85.7 Å². The molecule has 4 N–H and O–H groups in total. The lowest BCUT2D eigenvalue weighted by atomic mass is 9.74. The van der Waals surface area contributed by atoms with Crippen molar-refractivity contribution in [1.82, 2.24) is 4.90 Å². The Morgan fingerprint density at radius 3 is 2.11 bits per heavy atom. The zero-order valence-electron chi connectivity index (χ0n) is 34.8. The van der Waals surface area contributed by atoms with Crippen molar-refractivity contribution in [2.24, 2.45) is 23.7 Å². The third-order valence-corrected chi connectivity index (χ3v) is 14.3. The van der Waals surface area contributed by atoms with Gasteiger partial charge in [-0.2, -0.15) is 0 Å². The Hall–Kier alpha value is -0.520. The van der Waals surface area contributed by atoms with Gasteiger partial charge in [-0.15, -0.1) is 0 Å². The molecule has 0 saturated carbocycles. The van der Waals surface area contributed by atoms with Crippen molar-refractivity contribution in [2.75, 3.05) is 20.2 Å². The fourth-order valence-corrected chi connectivity index (χ4v) is 11.1. The van der Waals surface area contributed by atoms with Gasteiger partial charge in [0.05, 0.1) is 59.8 Å². The van der Waals surface area contributed by atoms with Crippen molar-refractivity contribution in [1.29, 1.82) is 0 Å². The first-order valence-electron chi connectivity index (χ1n) is 21.0. The molecular formula is C41H73NO12.